The Morgan fingerprint density at radius 3 is 2.38 bits per heavy atom. The van der Waals surface area contributed by atoms with Crippen molar-refractivity contribution in [3.05, 3.63) is 58.6 Å². The maximum atomic E-state index is 6.35. The van der Waals surface area contributed by atoms with E-state index in [1.54, 1.807) is 5.56 Å². The average molecular weight is 444 g/mol. The summed E-state index contributed by atoms with van der Waals surface area (Å²) in [5.74, 6) is 2.05. The number of halogens is 1. The van der Waals surface area contributed by atoms with Crippen LogP contribution in [0.2, 0.25) is 17.1 Å². The molecule has 4 rings (SSSR count). The first-order valence-electron chi connectivity index (χ1n) is 10.8. The molecule has 1 saturated carbocycles. The van der Waals surface area contributed by atoms with Gasteiger partial charge in [0.2, 0.25) is 0 Å². The summed E-state index contributed by atoms with van der Waals surface area (Å²) < 4.78 is 0. The van der Waals surface area contributed by atoms with Crippen LogP contribution >= 0.6 is 23.4 Å². The summed E-state index contributed by atoms with van der Waals surface area (Å²) in [4.78, 5) is 5.73. The van der Waals surface area contributed by atoms with Gasteiger partial charge in [-0.25, -0.2) is 0 Å². The Labute approximate surface area is 187 Å². The molecule has 2 aromatic carbocycles. The summed E-state index contributed by atoms with van der Waals surface area (Å²) in [6, 6.07) is 15.7. The van der Waals surface area contributed by atoms with Crippen molar-refractivity contribution in [1.29, 1.82) is 0 Å². The summed E-state index contributed by atoms with van der Waals surface area (Å²) in [6.07, 6.45) is 0. The topological polar surface area (TPSA) is 12.0 Å². The third-order valence-electron chi connectivity index (χ3n) is 7.26. The summed E-state index contributed by atoms with van der Waals surface area (Å²) in [5.41, 5.74) is 3.67. The van der Waals surface area contributed by atoms with Gasteiger partial charge in [0.25, 0.3) is 0 Å². The number of aryl methyl sites for hydroxylation is 1. The Bertz CT molecular complexity index is 923. The Balaban J connectivity index is 1.85. The zero-order chi connectivity index (χ0) is 21.1. The van der Waals surface area contributed by atoms with Gasteiger partial charge in [0, 0.05) is 26.6 Å². The largest absolute Gasteiger partial charge is 0.329 e. The van der Waals surface area contributed by atoms with E-state index in [4.69, 9.17) is 11.6 Å². The van der Waals surface area contributed by atoms with Gasteiger partial charge in [0.15, 0.2) is 8.24 Å². The lowest BCUT2D eigenvalue weighted by Crippen LogP contribution is -2.68. The van der Waals surface area contributed by atoms with Gasteiger partial charge in [-0.05, 0) is 79.6 Å². The lowest BCUT2D eigenvalue weighted by atomic mass is 9.87. The van der Waals surface area contributed by atoms with E-state index in [9.17, 15) is 0 Å². The van der Waals surface area contributed by atoms with E-state index in [1.165, 1.54) is 15.6 Å². The number of hydrogen-bond acceptors (Lipinski definition) is 2. The predicted octanol–water partition coefficient (Wildman–Crippen LogP) is 6.73. The molecule has 4 heteroatoms. The average Bonchev–Trinajstić information content (AvgIpc) is 3.08. The van der Waals surface area contributed by atoms with Crippen LogP contribution in [-0.4, -0.2) is 19.0 Å². The van der Waals surface area contributed by atoms with E-state index in [2.05, 4.69) is 107 Å². The lowest BCUT2D eigenvalue weighted by molar-refractivity contribution is 0.414. The fourth-order valence-electron chi connectivity index (χ4n) is 6.27. The molecule has 0 bridgehead atoms. The van der Waals surface area contributed by atoms with Gasteiger partial charge >= 0.3 is 0 Å². The van der Waals surface area contributed by atoms with Crippen molar-refractivity contribution < 1.29 is 0 Å². The quantitative estimate of drug-likeness (QED) is 0.527. The van der Waals surface area contributed by atoms with Crippen LogP contribution in [0, 0.1) is 18.8 Å². The van der Waals surface area contributed by atoms with Gasteiger partial charge in [-0.2, -0.15) is 0 Å². The van der Waals surface area contributed by atoms with Crippen LogP contribution in [0.4, 0.5) is 0 Å². The Morgan fingerprint density at radius 2 is 1.72 bits per heavy atom. The zero-order valence-electron chi connectivity index (χ0n) is 18.7. The maximum absolute atomic E-state index is 6.35. The van der Waals surface area contributed by atoms with Crippen LogP contribution in [0.15, 0.2) is 47.4 Å². The van der Waals surface area contributed by atoms with Crippen molar-refractivity contribution >= 4 is 36.8 Å². The number of fused-ring (bicyclic) bond motifs is 3. The van der Waals surface area contributed by atoms with Gasteiger partial charge < -0.3 is 4.98 Å². The lowest BCUT2D eigenvalue weighted by Gasteiger charge is -2.45. The molecule has 1 fully saturated rings. The highest BCUT2D eigenvalue weighted by Gasteiger charge is 2.59. The smallest absolute Gasteiger partial charge is 0.159 e. The summed E-state index contributed by atoms with van der Waals surface area (Å²) in [6.45, 7) is 16.8. The summed E-state index contributed by atoms with van der Waals surface area (Å²) in [7, 11) is -2.05. The van der Waals surface area contributed by atoms with E-state index >= 15 is 0 Å². The Kier molecular flexibility index (Phi) is 5.51. The minimum Gasteiger partial charge on any atom is -0.329 e. The Hall–Kier alpha value is -0.743. The van der Waals surface area contributed by atoms with Crippen molar-refractivity contribution in [2.45, 2.75) is 75.2 Å². The van der Waals surface area contributed by atoms with Gasteiger partial charge in [0.1, 0.15) is 0 Å². The van der Waals surface area contributed by atoms with Gasteiger partial charge in [-0.15, -0.1) is 11.8 Å². The number of hydrogen-bond donors (Lipinski definition) is 1. The van der Waals surface area contributed by atoms with Gasteiger partial charge in [0.05, 0.1) is 0 Å². The van der Waals surface area contributed by atoms with E-state index in [-0.39, 0.29) is 5.54 Å². The van der Waals surface area contributed by atoms with Crippen LogP contribution in [0.25, 0.3) is 0 Å². The summed E-state index contributed by atoms with van der Waals surface area (Å²) in [5, 5.41) is 3.02. The molecule has 0 aromatic heterocycles. The highest BCUT2D eigenvalue weighted by Crippen LogP contribution is 2.64. The zero-order valence-corrected chi connectivity index (χ0v) is 21.3. The molecule has 1 N–H and O–H groups in total. The van der Waals surface area contributed by atoms with Crippen molar-refractivity contribution in [2.24, 2.45) is 11.8 Å². The van der Waals surface area contributed by atoms with Crippen molar-refractivity contribution in [1.82, 2.24) is 4.98 Å². The van der Waals surface area contributed by atoms with Crippen molar-refractivity contribution in [2.75, 3.05) is 0 Å². The monoisotopic (exact) mass is 443 g/mol. The molecule has 1 nitrogen and oxygen atoms in total. The van der Waals surface area contributed by atoms with Crippen molar-refractivity contribution in [3.63, 3.8) is 0 Å². The fourth-order valence-corrected chi connectivity index (χ4v) is 15.0. The second-order valence-electron chi connectivity index (χ2n) is 10.4. The molecule has 6 atom stereocenters. The molecular weight excluding hydrogens is 410 g/mol. The van der Waals surface area contributed by atoms with Crippen molar-refractivity contribution in [3.8, 4) is 0 Å². The standard InChI is InChI=1S/C25H34ClNSSi/c1-15-14-18(26)12-13-21(15)29(7,27-25(4,5)6)24-17(3)16(2)22-19-10-8-9-11-20(19)28-23(22)24/h8-14,16-17,22-24,27H,1-7H3. The molecule has 1 aliphatic heterocycles. The fraction of sp³-hybridized carbons (Fsp3) is 0.520. The first-order chi connectivity index (χ1) is 13.5. The Morgan fingerprint density at radius 1 is 1.03 bits per heavy atom. The molecule has 29 heavy (non-hydrogen) atoms. The van der Waals surface area contributed by atoms with Gasteiger partial charge in [-0.1, -0.05) is 56.3 Å². The number of thioether (sulfide) groups is 1. The van der Waals surface area contributed by atoms with E-state index < -0.39 is 8.24 Å². The molecule has 1 heterocycles. The number of nitrogens with one attached hydrogen (secondary N) is 1. The molecule has 0 saturated heterocycles. The van der Waals surface area contributed by atoms with Crippen LogP contribution in [-0.2, 0) is 0 Å². The molecular formula is C25H34ClNSSi. The third-order valence-corrected chi connectivity index (χ3v) is 14.4. The normalized spacial score (nSPS) is 30.7. The molecule has 156 valence electrons. The van der Waals surface area contributed by atoms with E-state index in [1.807, 2.05) is 0 Å². The first kappa shape index (κ1) is 21.5. The molecule has 6 unspecified atom stereocenters. The molecule has 0 radical (unpaired) electrons. The second kappa shape index (κ2) is 7.44. The van der Waals surface area contributed by atoms with E-state index in [0.717, 1.165) is 5.02 Å². The highest BCUT2D eigenvalue weighted by atomic mass is 35.5. The van der Waals surface area contributed by atoms with E-state index in [0.29, 0.717) is 28.5 Å². The minimum absolute atomic E-state index is 0.0736. The molecule has 2 aromatic rings. The molecule has 0 spiro atoms. The van der Waals surface area contributed by atoms with Gasteiger partial charge in [-0.3, -0.25) is 0 Å². The molecule has 1 aliphatic carbocycles. The van der Waals surface area contributed by atoms with Crippen LogP contribution in [0.5, 0.6) is 0 Å². The SMILES string of the molecule is Cc1cc(Cl)ccc1[Si](C)(NC(C)(C)C)C1C(C)C(C)C2c3ccccc3SC21. The molecule has 0 amide bonds. The third kappa shape index (κ3) is 3.63. The minimum atomic E-state index is -2.05. The predicted molar refractivity (Wildman–Crippen MR) is 131 cm³/mol. The highest BCUT2D eigenvalue weighted by molar-refractivity contribution is 8.00. The second-order valence-corrected chi connectivity index (χ2v) is 15.9. The number of rotatable bonds is 3. The molecule has 2 aliphatic rings. The van der Waals surface area contributed by atoms with Crippen LogP contribution < -0.4 is 10.2 Å². The first-order valence-corrected chi connectivity index (χ1v) is 14.7. The van der Waals surface area contributed by atoms with Crippen LogP contribution in [0.3, 0.4) is 0 Å². The summed E-state index contributed by atoms with van der Waals surface area (Å²) >= 11 is 8.50. The van der Waals surface area contributed by atoms with Crippen LogP contribution in [0.1, 0.15) is 51.7 Å². The maximum Gasteiger partial charge on any atom is 0.159 e. The number of benzene rings is 2.